The fraction of sp³-hybridized carbons (Fsp3) is 0.700. The molecular weight excluding hydrogens is 514 g/mol. The summed E-state index contributed by atoms with van der Waals surface area (Å²) in [7, 11) is 0. The third-order valence-corrected chi connectivity index (χ3v) is 8.04. The standard InChI is InChI=1S/C30H49N3O5S/c1-20-17-23(34)18-21(2)24(20)19-25(32-29(37)38-30(3,4)5)28(36)33(26(27(31)35)14-16-39-6)15-10-13-22-11-8-7-9-12-22/h17-18,22,25-26,34H,7-16,19H2,1-6H3,(H2,31,35)(H,32,37)/t25-,26+/m0/s1. The molecule has 1 aromatic carbocycles. The van der Waals surface area contributed by atoms with Crippen LogP contribution in [0.2, 0.25) is 0 Å². The first kappa shape index (κ1) is 32.8. The van der Waals surface area contributed by atoms with E-state index < -0.39 is 29.7 Å². The molecule has 2 rings (SSSR count). The zero-order valence-electron chi connectivity index (χ0n) is 24.7. The van der Waals surface area contributed by atoms with Gasteiger partial charge in [-0.25, -0.2) is 4.79 Å². The number of aryl methyl sites for hydroxylation is 2. The van der Waals surface area contributed by atoms with Crippen molar-refractivity contribution in [2.24, 2.45) is 11.7 Å². The number of hydrogen-bond donors (Lipinski definition) is 3. The Hall–Kier alpha value is -2.42. The Morgan fingerprint density at radius 2 is 1.77 bits per heavy atom. The molecule has 0 unspecified atom stereocenters. The van der Waals surface area contributed by atoms with Crippen LogP contribution in [0, 0.1) is 19.8 Å². The van der Waals surface area contributed by atoms with Gasteiger partial charge in [-0.1, -0.05) is 32.1 Å². The molecule has 220 valence electrons. The highest BCUT2D eigenvalue weighted by atomic mass is 32.2. The van der Waals surface area contributed by atoms with Crippen molar-refractivity contribution in [3.8, 4) is 5.75 Å². The molecule has 2 atom stereocenters. The highest BCUT2D eigenvalue weighted by Gasteiger charge is 2.35. The lowest BCUT2D eigenvalue weighted by Crippen LogP contribution is -2.56. The van der Waals surface area contributed by atoms with Crippen LogP contribution in [-0.2, 0) is 20.7 Å². The molecule has 4 N–H and O–H groups in total. The minimum Gasteiger partial charge on any atom is -0.508 e. The first-order valence-electron chi connectivity index (χ1n) is 14.2. The topological polar surface area (TPSA) is 122 Å². The SMILES string of the molecule is CSCC[C@H](C(N)=O)N(CCCC1CCCCC1)C(=O)[C@H](Cc1c(C)cc(O)cc1C)NC(=O)OC(C)(C)C. The molecule has 1 aromatic rings. The predicted molar refractivity (Wildman–Crippen MR) is 158 cm³/mol. The average Bonchev–Trinajstić information content (AvgIpc) is 2.83. The summed E-state index contributed by atoms with van der Waals surface area (Å²) in [5.41, 5.74) is 7.59. The van der Waals surface area contributed by atoms with Gasteiger partial charge in [0.1, 0.15) is 23.4 Å². The van der Waals surface area contributed by atoms with E-state index in [-0.39, 0.29) is 18.1 Å². The summed E-state index contributed by atoms with van der Waals surface area (Å²) in [4.78, 5) is 41.3. The molecule has 1 fully saturated rings. The largest absolute Gasteiger partial charge is 0.508 e. The van der Waals surface area contributed by atoms with Gasteiger partial charge in [-0.05, 0) is 101 Å². The molecule has 39 heavy (non-hydrogen) atoms. The lowest BCUT2D eigenvalue weighted by molar-refractivity contribution is -0.141. The Kier molecular flexibility index (Phi) is 12.9. The second kappa shape index (κ2) is 15.4. The monoisotopic (exact) mass is 563 g/mol. The Bertz CT molecular complexity index is 949. The van der Waals surface area contributed by atoms with Crippen molar-refractivity contribution in [1.29, 1.82) is 0 Å². The number of carbonyl (C=O) groups excluding carboxylic acids is 3. The van der Waals surface area contributed by atoms with E-state index in [1.807, 2.05) is 20.1 Å². The van der Waals surface area contributed by atoms with Gasteiger partial charge in [0.15, 0.2) is 0 Å². The highest BCUT2D eigenvalue weighted by Crippen LogP contribution is 2.28. The summed E-state index contributed by atoms with van der Waals surface area (Å²) in [5.74, 6) is 0.587. The minimum absolute atomic E-state index is 0.145. The predicted octanol–water partition coefficient (Wildman–Crippen LogP) is 5.24. The molecule has 0 saturated heterocycles. The summed E-state index contributed by atoms with van der Waals surface area (Å²) in [5, 5.41) is 12.8. The Balaban J connectivity index is 2.38. The number of carbonyl (C=O) groups is 3. The third kappa shape index (κ3) is 10.9. The summed E-state index contributed by atoms with van der Waals surface area (Å²) in [6, 6.07) is 1.56. The van der Waals surface area contributed by atoms with Crippen LogP contribution in [0.1, 0.15) is 88.8 Å². The number of benzene rings is 1. The van der Waals surface area contributed by atoms with E-state index >= 15 is 0 Å². The fourth-order valence-electron chi connectivity index (χ4n) is 5.47. The van der Waals surface area contributed by atoms with Crippen LogP contribution in [0.3, 0.4) is 0 Å². The number of nitrogens with two attached hydrogens (primary N) is 1. The maximum atomic E-state index is 14.2. The van der Waals surface area contributed by atoms with E-state index in [4.69, 9.17) is 10.5 Å². The lowest BCUT2D eigenvalue weighted by atomic mass is 9.86. The molecule has 8 nitrogen and oxygen atoms in total. The van der Waals surface area contributed by atoms with Crippen molar-refractivity contribution in [3.63, 3.8) is 0 Å². The molecule has 9 heteroatoms. The third-order valence-electron chi connectivity index (χ3n) is 7.40. The molecule has 0 heterocycles. The second-order valence-corrected chi connectivity index (χ2v) is 12.8. The summed E-state index contributed by atoms with van der Waals surface area (Å²) < 4.78 is 5.49. The molecule has 0 aliphatic heterocycles. The molecular formula is C30H49N3O5S. The highest BCUT2D eigenvalue weighted by molar-refractivity contribution is 7.98. The Labute approximate surface area is 238 Å². The van der Waals surface area contributed by atoms with E-state index in [1.165, 1.54) is 32.1 Å². The van der Waals surface area contributed by atoms with Crippen LogP contribution in [0.4, 0.5) is 4.79 Å². The first-order valence-corrected chi connectivity index (χ1v) is 15.6. The van der Waals surface area contributed by atoms with E-state index in [0.717, 1.165) is 29.5 Å². The van der Waals surface area contributed by atoms with E-state index in [1.54, 1.807) is 49.6 Å². The maximum absolute atomic E-state index is 14.2. The summed E-state index contributed by atoms with van der Waals surface area (Å²) in [6.07, 6.45) is 9.88. The van der Waals surface area contributed by atoms with E-state index in [0.29, 0.717) is 24.6 Å². The number of amides is 3. The number of primary amides is 1. The van der Waals surface area contributed by atoms with Crippen molar-refractivity contribution in [2.75, 3.05) is 18.6 Å². The number of nitrogens with one attached hydrogen (secondary N) is 1. The van der Waals surface area contributed by atoms with Gasteiger partial charge in [0, 0.05) is 13.0 Å². The lowest BCUT2D eigenvalue weighted by Gasteiger charge is -2.34. The van der Waals surface area contributed by atoms with E-state index in [9.17, 15) is 19.5 Å². The number of ether oxygens (including phenoxy) is 1. The number of alkyl carbamates (subject to hydrolysis) is 1. The van der Waals surface area contributed by atoms with Crippen molar-refractivity contribution >= 4 is 29.7 Å². The van der Waals surface area contributed by atoms with Gasteiger partial charge in [0.2, 0.25) is 11.8 Å². The van der Waals surface area contributed by atoms with Crippen LogP contribution < -0.4 is 11.1 Å². The molecule has 0 aromatic heterocycles. The van der Waals surface area contributed by atoms with Crippen molar-refractivity contribution in [2.45, 2.75) is 110 Å². The minimum atomic E-state index is -0.965. The van der Waals surface area contributed by atoms with Gasteiger partial charge in [0.05, 0.1) is 0 Å². The molecule has 0 radical (unpaired) electrons. The molecule has 0 spiro atoms. The van der Waals surface area contributed by atoms with Gasteiger partial charge >= 0.3 is 6.09 Å². The van der Waals surface area contributed by atoms with Crippen molar-refractivity contribution in [1.82, 2.24) is 10.2 Å². The molecule has 3 amide bonds. The van der Waals surface area contributed by atoms with Gasteiger partial charge in [0.25, 0.3) is 0 Å². The first-order chi connectivity index (χ1) is 18.3. The number of phenols is 1. The Morgan fingerprint density at radius 3 is 2.31 bits per heavy atom. The number of rotatable bonds is 13. The van der Waals surface area contributed by atoms with Crippen LogP contribution in [0.15, 0.2) is 12.1 Å². The van der Waals surface area contributed by atoms with Gasteiger partial charge < -0.3 is 25.8 Å². The van der Waals surface area contributed by atoms with Crippen molar-refractivity contribution in [3.05, 3.63) is 28.8 Å². The smallest absolute Gasteiger partial charge is 0.408 e. The van der Waals surface area contributed by atoms with Gasteiger partial charge in [-0.15, -0.1) is 0 Å². The van der Waals surface area contributed by atoms with E-state index in [2.05, 4.69) is 5.32 Å². The van der Waals surface area contributed by atoms with Crippen LogP contribution in [-0.4, -0.2) is 64.2 Å². The van der Waals surface area contributed by atoms with Crippen LogP contribution in [0.5, 0.6) is 5.75 Å². The number of nitrogens with zero attached hydrogens (tertiary/aromatic N) is 1. The van der Waals surface area contributed by atoms with Gasteiger partial charge in [-0.3, -0.25) is 9.59 Å². The zero-order valence-corrected chi connectivity index (χ0v) is 25.5. The average molecular weight is 564 g/mol. The molecule has 1 aliphatic rings. The maximum Gasteiger partial charge on any atom is 0.408 e. The quantitative estimate of drug-likeness (QED) is 0.302. The zero-order chi connectivity index (χ0) is 29.2. The van der Waals surface area contributed by atoms with Crippen LogP contribution >= 0.6 is 11.8 Å². The molecule has 1 aliphatic carbocycles. The number of hydrogen-bond acceptors (Lipinski definition) is 6. The molecule has 1 saturated carbocycles. The fourth-order valence-corrected chi connectivity index (χ4v) is 5.93. The number of phenolic OH excluding ortho intramolecular Hbond substituents is 1. The Morgan fingerprint density at radius 1 is 1.15 bits per heavy atom. The number of thioether (sulfide) groups is 1. The normalized spacial score (nSPS) is 15.8. The van der Waals surface area contributed by atoms with Crippen LogP contribution in [0.25, 0.3) is 0 Å². The summed E-state index contributed by atoms with van der Waals surface area (Å²) >= 11 is 1.60. The van der Waals surface area contributed by atoms with Gasteiger partial charge in [-0.2, -0.15) is 11.8 Å². The summed E-state index contributed by atoms with van der Waals surface area (Å²) in [6.45, 7) is 9.42. The van der Waals surface area contributed by atoms with Crippen molar-refractivity contribution < 1.29 is 24.2 Å². The number of aromatic hydroxyl groups is 1. The second-order valence-electron chi connectivity index (χ2n) is 11.8. The molecule has 0 bridgehead atoms.